The van der Waals surface area contributed by atoms with E-state index in [0.29, 0.717) is 23.8 Å². The molecule has 32 heavy (non-hydrogen) atoms. The molecule has 0 radical (unpaired) electrons. The fraction of sp³-hybridized carbons (Fsp3) is 0.440. The number of rotatable bonds is 12. The first kappa shape index (κ1) is 25.7. The monoisotopic (exact) mass is 504 g/mol. The molecule has 0 saturated heterocycles. The second-order valence-corrected chi connectivity index (χ2v) is 8.58. The lowest BCUT2D eigenvalue weighted by Gasteiger charge is -2.13. The van der Waals surface area contributed by atoms with Crippen LogP contribution in [0.3, 0.4) is 0 Å². The van der Waals surface area contributed by atoms with Crippen molar-refractivity contribution in [3.63, 3.8) is 0 Å². The minimum Gasteiger partial charge on any atom is -0.494 e. The van der Waals surface area contributed by atoms with Crippen molar-refractivity contribution in [1.29, 1.82) is 0 Å². The summed E-state index contributed by atoms with van der Waals surface area (Å²) in [4.78, 5) is 24.3. The molecule has 0 bridgehead atoms. The number of nitrogens with one attached hydrogen (secondary N) is 2. The van der Waals surface area contributed by atoms with Crippen molar-refractivity contribution in [2.45, 2.75) is 58.8 Å². The van der Waals surface area contributed by atoms with Gasteiger partial charge in [-0.25, -0.2) is 0 Å². The highest BCUT2D eigenvalue weighted by Crippen LogP contribution is 2.30. The van der Waals surface area contributed by atoms with E-state index in [1.54, 1.807) is 24.3 Å². The van der Waals surface area contributed by atoms with Crippen molar-refractivity contribution in [3.8, 4) is 11.5 Å². The number of carbonyl (C=O) groups excluding carboxylic acids is 2. The maximum absolute atomic E-state index is 12.2. The van der Waals surface area contributed by atoms with Gasteiger partial charge in [-0.1, -0.05) is 46.1 Å². The number of ether oxygens (including phenoxy) is 2. The molecule has 0 saturated carbocycles. The Morgan fingerprint density at radius 2 is 1.72 bits per heavy atom. The lowest BCUT2D eigenvalue weighted by molar-refractivity contribution is -0.123. The first-order valence-corrected chi connectivity index (χ1v) is 12.0. The molecular weight excluding hydrogens is 472 g/mol. The van der Waals surface area contributed by atoms with E-state index < -0.39 is 11.8 Å². The average Bonchev–Trinajstić information content (AvgIpc) is 2.81. The Labute approximate surface area is 199 Å². The number of hydrogen-bond acceptors (Lipinski definition) is 4. The smallest absolute Gasteiger partial charge is 0.276 e. The molecule has 2 amide bonds. The van der Waals surface area contributed by atoms with Gasteiger partial charge in [0.1, 0.15) is 11.5 Å². The van der Waals surface area contributed by atoms with Crippen LogP contribution in [0.4, 0.5) is 0 Å². The van der Waals surface area contributed by atoms with Crippen LogP contribution < -0.4 is 20.3 Å². The normalized spacial score (nSPS) is 11.5. The van der Waals surface area contributed by atoms with Gasteiger partial charge in [0.05, 0.1) is 11.1 Å². The van der Waals surface area contributed by atoms with Crippen LogP contribution in [0.15, 0.2) is 46.9 Å². The Balaban J connectivity index is 1.74. The van der Waals surface area contributed by atoms with Crippen molar-refractivity contribution in [3.05, 3.63) is 58.1 Å². The molecule has 0 aliphatic heterocycles. The van der Waals surface area contributed by atoms with Gasteiger partial charge in [-0.2, -0.15) is 0 Å². The van der Waals surface area contributed by atoms with Gasteiger partial charge in [-0.05, 0) is 76.7 Å². The van der Waals surface area contributed by atoms with E-state index in [1.807, 2.05) is 18.2 Å². The van der Waals surface area contributed by atoms with E-state index in [9.17, 15) is 9.59 Å². The SMILES string of the molecule is CCCCCCOc1ccc(C(=O)NNC(=O)COc2ccc(C(C)CC)cc2Br)cc1. The maximum Gasteiger partial charge on any atom is 0.276 e. The summed E-state index contributed by atoms with van der Waals surface area (Å²) in [5, 5.41) is 0. The third-order valence-electron chi connectivity index (χ3n) is 5.19. The number of halogens is 1. The number of carbonyl (C=O) groups is 2. The van der Waals surface area contributed by atoms with Crippen molar-refractivity contribution in [2.75, 3.05) is 13.2 Å². The Morgan fingerprint density at radius 3 is 2.38 bits per heavy atom. The highest BCUT2D eigenvalue weighted by molar-refractivity contribution is 9.10. The number of unbranched alkanes of at least 4 members (excludes halogenated alkanes) is 3. The summed E-state index contributed by atoms with van der Waals surface area (Å²) in [6.07, 6.45) is 5.61. The van der Waals surface area contributed by atoms with Crippen LogP contribution in [0.25, 0.3) is 0 Å². The molecule has 2 N–H and O–H groups in total. The molecule has 1 unspecified atom stereocenters. The van der Waals surface area contributed by atoms with Crippen molar-refractivity contribution >= 4 is 27.7 Å². The largest absolute Gasteiger partial charge is 0.494 e. The van der Waals surface area contributed by atoms with Gasteiger partial charge in [0.15, 0.2) is 6.61 Å². The number of hydrogen-bond donors (Lipinski definition) is 2. The summed E-state index contributed by atoms with van der Waals surface area (Å²) in [6.45, 7) is 6.92. The van der Waals surface area contributed by atoms with Gasteiger partial charge >= 0.3 is 0 Å². The zero-order valence-electron chi connectivity index (χ0n) is 19.1. The quantitative estimate of drug-likeness (QED) is 0.284. The molecule has 7 heteroatoms. The summed E-state index contributed by atoms with van der Waals surface area (Å²) in [5.41, 5.74) is 6.39. The number of amides is 2. The first-order chi connectivity index (χ1) is 15.4. The van der Waals surface area contributed by atoms with Crippen LogP contribution >= 0.6 is 15.9 Å². The molecular formula is C25H33BrN2O4. The van der Waals surface area contributed by atoms with Gasteiger partial charge in [-0.3, -0.25) is 20.4 Å². The minimum atomic E-state index is -0.455. The van der Waals surface area contributed by atoms with Gasteiger partial charge < -0.3 is 9.47 Å². The standard InChI is InChI=1S/C25H33BrN2O4/c1-4-6-7-8-15-31-21-12-9-19(10-13-21)25(30)28-27-24(29)17-32-23-14-11-20(16-22(23)26)18(3)5-2/h9-14,16,18H,4-8,15,17H2,1-3H3,(H,27,29)(H,28,30). The molecule has 0 aliphatic rings. The second kappa shape index (κ2) is 13.8. The van der Waals surface area contributed by atoms with E-state index in [2.05, 4.69) is 47.6 Å². The molecule has 6 nitrogen and oxygen atoms in total. The third-order valence-corrected chi connectivity index (χ3v) is 5.81. The molecule has 0 aromatic heterocycles. The molecule has 0 aliphatic carbocycles. The summed E-state index contributed by atoms with van der Waals surface area (Å²) in [7, 11) is 0. The number of hydrazine groups is 1. The lowest BCUT2D eigenvalue weighted by atomic mass is 9.99. The highest BCUT2D eigenvalue weighted by Gasteiger charge is 2.11. The Hall–Kier alpha value is -2.54. The topological polar surface area (TPSA) is 76.7 Å². The van der Waals surface area contributed by atoms with Crippen molar-refractivity contribution in [2.24, 2.45) is 0 Å². The first-order valence-electron chi connectivity index (χ1n) is 11.2. The fourth-order valence-corrected chi connectivity index (χ4v) is 3.49. The molecule has 0 heterocycles. The van der Waals surface area contributed by atoms with Crippen LogP contribution in [0.5, 0.6) is 11.5 Å². The van der Waals surface area contributed by atoms with Crippen LogP contribution in [0.1, 0.15) is 74.7 Å². The third kappa shape index (κ3) is 8.54. The highest BCUT2D eigenvalue weighted by atomic mass is 79.9. The average molecular weight is 505 g/mol. The van der Waals surface area contributed by atoms with Crippen molar-refractivity contribution in [1.82, 2.24) is 10.9 Å². The van der Waals surface area contributed by atoms with Crippen molar-refractivity contribution < 1.29 is 19.1 Å². The molecule has 174 valence electrons. The maximum atomic E-state index is 12.2. The molecule has 2 rings (SSSR count). The van der Waals surface area contributed by atoms with Crippen LogP contribution in [-0.4, -0.2) is 25.0 Å². The van der Waals surface area contributed by atoms with Gasteiger partial charge in [0.2, 0.25) is 0 Å². The Kier molecular flexibility index (Phi) is 11.1. The summed E-state index contributed by atoms with van der Waals surface area (Å²) in [5.74, 6) is 0.879. The second-order valence-electron chi connectivity index (χ2n) is 7.72. The zero-order chi connectivity index (χ0) is 23.3. The summed E-state index contributed by atoms with van der Waals surface area (Å²) >= 11 is 3.48. The van der Waals surface area contributed by atoms with Crippen LogP contribution in [0, 0.1) is 0 Å². The van der Waals surface area contributed by atoms with Crippen LogP contribution in [0.2, 0.25) is 0 Å². The molecule has 0 fully saturated rings. The summed E-state index contributed by atoms with van der Waals surface area (Å²) in [6, 6.07) is 12.7. The Bertz CT molecular complexity index is 871. The number of benzene rings is 2. The van der Waals surface area contributed by atoms with E-state index in [1.165, 1.54) is 18.4 Å². The van der Waals surface area contributed by atoms with Gasteiger partial charge in [-0.15, -0.1) is 0 Å². The molecule has 2 aromatic rings. The minimum absolute atomic E-state index is 0.216. The summed E-state index contributed by atoms with van der Waals surface area (Å²) < 4.78 is 12.0. The van der Waals surface area contributed by atoms with E-state index in [4.69, 9.17) is 9.47 Å². The molecule has 1 atom stereocenters. The predicted molar refractivity (Wildman–Crippen MR) is 130 cm³/mol. The Morgan fingerprint density at radius 1 is 0.969 bits per heavy atom. The fourth-order valence-electron chi connectivity index (χ4n) is 2.98. The molecule has 0 spiro atoms. The molecule has 2 aromatic carbocycles. The predicted octanol–water partition coefficient (Wildman–Crippen LogP) is 5.76. The van der Waals surface area contributed by atoms with Crippen LogP contribution in [-0.2, 0) is 4.79 Å². The zero-order valence-corrected chi connectivity index (χ0v) is 20.7. The van der Waals surface area contributed by atoms with E-state index >= 15 is 0 Å². The van der Waals surface area contributed by atoms with E-state index in [-0.39, 0.29) is 6.61 Å². The lowest BCUT2D eigenvalue weighted by Crippen LogP contribution is -2.43. The van der Waals surface area contributed by atoms with E-state index in [0.717, 1.165) is 29.5 Å². The van der Waals surface area contributed by atoms with Gasteiger partial charge in [0.25, 0.3) is 11.8 Å². The van der Waals surface area contributed by atoms with Gasteiger partial charge in [0, 0.05) is 5.56 Å².